The number of carbonyl (C=O) groups excluding carboxylic acids is 1. The molecule has 5 nitrogen and oxygen atoms in total. The van der Waals surface area contributed by atoms with E-state index in [0.717, 1.165) is 23.5 Å². The number of nitrogens with zero attached hydrogens (tertiary/aromatic N) is 1. The normalized spacial score (nSPS) is 10.6. The first-order chi connectivity index (χ1) is 11.7. The first-order valence-corrected chi connectivity index (χ1v) is 8.02. The lowest BCUT2D eigenvalue weighted by Gasteiger charge is -2.05. The molecule has 0 saturated heterocycles. The Bertz CT molecular complexity index is 664. The van der Waals surface area contributed by atoms with E-state index >= 15 is 0 Å². The molecule has 1 N–H and O–H groups in total. The number of nitrogens with one attached hydrogen (secondary N) is 1. The van der Waals surface area contributed by atoms with Crippen LogP contribution in [0.25, 0.3) is 0 Å². The number of hydrogen-bond acceptors (Lipinski definition) is 4. The fraction of sp³-hybridized carbons (Fsp3) is 0.263. The maximum absolute atomic E-state index is 12.0. The minimum atomic E-state index is -0.265. The molecule has 0 aromatic heterocycles. The molecular weight excluding hydrogens is 304 g/mol. The number of rotatable bonds is 8. The van der Waals surface area contributed by atoms with E-state index in [4.69, 9.17) is 9.47 Å². The molecule has 2 aromatic carbocycles. The van der Waals surface area contributed by atoms with Crippen LogP contribution in [-0.2, 0) is 0 Å². The van der Waals surface area contributed by atoms with Crippen molar-refractivity contribution in [3.63, 3.8) is 0 Å². The van der Waals surface area contributed by atoms with Gasteiger partial charge >= 0.3 is 0 Å². The molecule has 0 aliphatic rings. The van der Waals surface area contributed by atoms with Crippen LogP contribution in [0, 0.1) is 0 Å². The summed E-state index contributed by atoms with van der Waals surface area (Å²) in [5, 5.41) is 3.97. The fourth-order valence-corrected chi connectivity index (χ4v) is 1.97. The van der Waals surface area contributed by atoms with Gasteiger partial charge < -0.3 is 9.47 Å². The van der Waals surface area contributed by atoms with Gasteiger partial charge in [-0.25, -0.2) is 5.43 Å². The molecule has 0 fully saturated rings. The lowest BCUT2D eigenvalue weighted by atomic mass is 10.2. The zero-order valence-corrected chi connectivity index (χ0v) is 14.0. The highest BCUT2D eigenvalue weighted by Crippen LogP contribution is 2.13. The first-order valence-electron chi connectivity index (χ1n) is 8.02. The monoisotopic (exact) mass is 326 g/mol. The molecule has 0 unspecified atom stereocenters. The number of ether oxygens (including phenoxy) is 2. The molecule has 0 spiro atoms. The van der Waals surface area contributed by atoms with E-state index in [1.165, 1.54) is 0 Å². The predicted molar refractivity (Wildman–Crippen MR) is 94.9 cm³/mol. The van der Waals surface area contributed by atoms with Gasteiger partial charge in [0, 0.05) is 5.56 Å². The molecule has 0 aliphatic carbocycles. The molecule has 0 radical (unpaired) electrons. The Morgan fingerprint density at radius 2 is 1.62 bits per heavy atom. The molecule has 1 amide bonds. The van der Waals surface area contributed by atoms with Gasteiger partial charge in [-0.15, -0.1) is 0 Å². The quantitative estimate of drug-likeness (QED) is 0.595. The van der Waals surface area contributed by atoms with Gasteiger partial charge in [-0.05, 0) is 67.4 Å². The highest BCUT2D eigenvalue weighted by Gasteiger charge is 2.04. The third kappa shape index (κ3) is 5.43. The van der Waals surface area contributed by atoms with E-state index in [0.29, 0.717) is 18.8 Å². The maximum atomic E-state index is 12.0. The van der Waals surface area contributed by atoms with Crippen LogP contribution in [0.5, 0.6) is 11.5 Å². The van der Waals surface area contributed by atoms with Crippen LogP contribution < -0.4 is 14.9 Å². The van der Waals surface area contributed by atoms with E-state index in [2.05, 4.69) is 10.5 Å². The van der Waals surface area contributed by atoms with E-state index < -0.39 is 0 Å². The Balaban J connectivity index is 1.87. The Labute approximate surface area is 142 Å². The summed E-state index contributed by atoms with van der Waals surface area (Å²) in [7, 11) is 0. The Morgan fingerprint density at radius 3 is 2.25 bits per heavy atom. The number of hydrazone groups is 1. The van der Waals surface area contributed by atoms with E-state index in [-0.39, 0.29) is 5.91 Å². The topological polar surface area (TPSA) is 59.9 Å². The van der Waals surface area contributed by atoms with Crippen LogP contribution in [0.4, 0.5) is 0 Å². The van der Waals surface area contributed by atoms with Crippen molar-refractivity contribution in [2.45, 2.75) is 20.3 Å². The van der Waals surface area contributed by atoms with Crippen LogP contribution in [0.15, 0.2) is 53.6 Å². The van der Waals surface area contributed by atoms with Gasteiger partial charge in [-0.2, -0.15) is 5.10 Å². The number of carbonyl (C=O) groups is 1. The van der Waals surface area contributed by atoms with Crippen molar-refractivity contribution in [2.75, 3.05) is 13.2 Å². The predicted octanol–water partition coefficient (Wildman–Crippen LogP) is 3.64. The van der Waals surface area contributed by atoms with Crippen LogP contribution in [0.3, 0.4) is 0 Å². The zero-order chi connectivity index (χ0) is 17.2. The van der Waals surface area contributed by atoms with Gasteiger partial charge in [0.25, 0.3) is 5.91 Å². The van der Waals surface area contributed by atoms with E-state index in [1.807, 2.05) is 38.1 Å². The van der Waals surface area contributed by atoms with Crippen LogP contribution in [-0.4, -0.2) is 25.3 Å². The van der Waals surface area contributed by atoms with Crippen LogP contribution in [0.2, 0.25) is 0 Å². The third-order valence-corrected chi connectivity index (χ3v) is 3.16. The van der Waals surface area contributed by atoms with E-state index in [9.17, 15) is 4.79 Å². The van der Waals surface area contributed by atoms with Crippen molar-refractivity contribution >= 4 is 12.1 Å². The number of benzene rings is 2. The first kappa shape index (κ1) is 17.5. The fourth-order valence-electron chi connectivity index (χ4n) is 1.97. The Morgan fingerprint density at radius 1 is 1.00 bits per heavy atom. The lowest BCUT2D eigenvalue weighted by Crippen LogP contribution is -2.17. The third-order valence-electron chi connectivity index (χ3n) is 3.16. The molecule has 126 valence electrons. The van der Waals surface area contributed by atoms with Crippen molar-refractivity contribution in [3.05, 3.63) is 59.7 Å². The number of amides is 1. The van der Waals surface area contributed by atoms with Crippen molar-refractivity contribution in [2.24, 2.45) is 5.10 Å². The second-order valence-corrected chi connectivity index (χ2v) is 5.07. The Kier molecular flexibility index (Phi) is 6.83. The Hall–Kier alpha value is -2.82. The van der Waals surface area contributed by atoms with Gasteiger partial charge in [0.15, 0.2) is 0 Å². The second kappa shape index (κ2) is 9.35. The highest BCUT2D eigenvalue weighted by molar-refractivity contribution is 5.95. The molecule has 0 aliphatic heterocycles. The molecule has 0 atom stereocenters. The van der Waals surface area contributed by atoms with Gasteiger partial charge in [-0.3, -0.25) is 4.79 Å². The average molecular weight is 326 g/mol. The summed E-state index contributed by atoms with van der Waals surface area (Å²) in [5.41, 5.74) is 3.92. The summed E-state index contributed by atoms with van der Waals surface area (Å²) in [5.74, 6) is 1.30. The highest BCUT2D eigenvalue weighted by atomic mass is 16.5. The molecule has 24 heavy (non-hydrogen) atoms. The van der Waals surface area contributed by atoms with Crippen molar-refractivity contribution in [1.82, 2.24) is 5.43 Å². The molecular formula is C19H22N2O3. The van der Waals surface area contributed by atoms with Crippen molar-refractivity contribution in [3.8, 4) is 11.5 Å². The molecule has 2 rings (SSSR count). The molecule has 0 heterocycles. The van der Waals surface area contributed by atoms with Gasteiger partial charge in [0.2, 0.25) is 0 Å². The standard InChI is InChI=1S/C19H22N2O3/c1-3-13-24-18-11-7-16(8-12-18)19(22)21-20-14-15-5-9-17(10-6-15)23-4-2/h5-12,14H,3-4,13H2,1-2H3,(H,21,22)/b20-14-. The van der Waals surface area contributed by atoms with E-state index in [1.54, 1.807) is 30.5 Å². The minimum Gasteiger partial charge on any atom is -0.494 e. The maximum Gasteiger partial charge on any atom is 0.271 e. The summed E-state index contributed by atoms with van der Waals surface area (Å²) in [6.07, 6.45) is 2.54. The summed E-state index contributed by atoms with van der Waals surface area (Å²) >= 11 is 0. The number of hydrogen-bond donors (Lipinski definition) is 1. The molecule has 2 aromatic rings. The molecule has 0 saturated carbocycles. The summed E-state index contributed by atoms with van der Waals surface area (Å²) in [6.45, 7) is 5.28. The lowest BCUT2D eigenvalue weighted by molar-refractivity contribution is 0.0955. The van der Waals surface area contributed by atoms with Crippen molar-refractivity contribution in [1.29, 1.82) is 0 Å². The molecule has 0 bridgehead atoms. The SMILES string of the molecule is CCCOc1ccc(C(=O)N/N=C\c2ccc(OCC)cc2)cc1. The summed E-state index contributed by atoms with van der Waals surface area (Å²) in [6, 6.07) is 14.5. The summed E-state index contributed by atoms with van der Waals surface area (Å²) in [4.78, 5) is 12.0. The zero-order valence-electron chi connectivity index (χ0n) is 14.0. The average Bonchev–Trinajstić information content (AvgIpc) is 2.62. The van der Waals surface area contributed by atoms with Crippen LogP contribution in [0.1, 0.15) is 36.2 Å². The largest absolute Gasteiger partial charge is 0.494 e. The van der Waals surface area contributed by atoms with Gasteiger partial charge in [0.05, 0.1) is 19.4 Å². The summed E-state index contributed by atoms with van der Waals surface area (Å²) < 4.78 is 10.9. The smallest absolute Gasteiger partial charge is 0.271 e. The molecule has 5 heteroatoms. The van der Waals surface area contributed by atoms with Crippen LogP contribution >= 0.6 is 0 Å². The van der Waals surface area contributed by atoms with Gasteiger partial charge in [-0.1, -0.05) is 6.92 Å². The van der Waals surface area contributed by atoms with Gasteiger partial charge in [0.1, 0.15) is 11.5 Å². The second-order valence-electron chi connectivity index (χ2n) is 5.07. The minimum absolute atomic E-state index is 0.265. The van der Waals surface area contributed by atoms with Crippen molar-refractivity contribution < 1.29 is 14.3 Å².